The van der Waals surface area contributed by atoms with Gasteiger partial charge in [-0.05, 0) is 25.2 Å². The van der Waals surface area contributed by atoms with E-state index in [2.05, 4.69) is 16.9 Å². The molecule has 0 aliphatic heterocycles. The quantitative estimate of drug-likeness (QED) is 0.851. The van der Waals surface area contributed by atoms with Crippen LogP contribution in [-0.2, 0) is 0 Å². The van der Waals surface area contributed by atoms with Gasteiger partial charge in [0.2, 0.25) is 5.88 Å². The fraction of sp³-hybridized carbons (Fsp3) is 0.667. The third-order valence-electron chi connectivity index (χ3n) is 3.29. The van der Waals surface area contributed by atoms with Crippen LogP contribution in [0.2, 0.25) is 0 Å². The topological polar surface area (TPSA) is 61.0 Å². The van der Waals surface area contributed by atoms with Crippen LogP contribution in [0.15, 0.2) is 12.5 Å². The van der Waals surface area contributed by atoms with Crippen molar-refractivity contribution in [2.45, 2.75) is 45.1 Å². The molecule has 4 nitrogen and oxygen atoms in total. The van der Waals surface area contributed by atoms with Crippen molar-refractivity contribution in [3.8, 4) is 5.88 Å². The minimum atomic E-state index is 0.274. The number of ether oxygens (including phenoxy) is 1. The summed E-state index contributed by atoms with van der Waals surface area (Å²) in [4.78, 5) is 7.92. The van der Waals surface area contributed by atoms with E-state index < -0.39 is 0 Å². The summed E-state index contributed by atoms with van der Waals surface area (Å²) in [5.74, 6) is 1.33. The van der Waals surface area contributed by atoms with Gasteiger partial charge < -0.3 is 10.5 Å². The maximum absolute atomic E-state index is 5.84. The van der Waals surface area contributed by atoms with Crippen molar-refractivity contribution in [1.82, 2.24) is 9.97 Å². The summed E-state index contributed by atoms with van der Waals surface area (Å²) in [6.07, 6.45) is 9.38. The van der Waals surface area contributed by atoms with E-state index in [9.17, 15) is 0 Å². The standard InChI is InChI=1S/C12H19N3O/c1-2-9-4-3-5-10(6-9)16-12-11(13)7-14-8-15-12/h7-10H,2-6,13H2,1H3. The molecule has 1 aliphatic carbocycles. The molecule has 16 heavy (non-hydrogen) atoms. The number of aromatic nitrogens is 2. The Bertz CT molecular complexity index is 343. The van der Waals surface area contributed by atoms with Crippen LogP contribution in [0.1, 0.15) is 39.0 Å². The highest BCUT2D eigenvalue weighted by Gasteiger charge is 2.22. The van der Waals surface area contributed by atoms with Crippen molar-refractivity contribution < 1.29 is 4.74 Å². The molecule has 0 spiro atoms. The summed E-state index contributed by atoms with van der Waals surface area (Å²) >= 11 is 0. The summed E-state index contributed by atoms with van der Waals surface area (Å²) in [5.41, 5.74) is 6.28. The van der Waals surface area contributed by atoms with E-state index in [1.807, 2.05) is 0 Å². The molecule has 0 bridgehead atoms. The first-order valence-corrected chi connectivity index (χ1v) is 6.01. The molecule has 2 atom stereocenters. The fourth-order valence-electron chi connectivity index (χ4n) is 2.31. The van der Waals surface area contributed by atoms with E-state index in [1.165, 1.54) is 25.6 Å². The lowest BCUT2D eigenvalue weighted by Gasteiger charge is -2.28. The number of nitrogens with zero attached hydrogens (tertiary/aromatic N) is 2. The lowest BCUT2D eigenvalue weighted by molar-refractivity contribution is 0.118. The van der Waals surface area contributed by atoms with Crippen molar-refractivity contribution in [2.75, 3.05) is 5.73 Å². The zero-order valence-corrected chi connectivity index (χ0v) is 9.72. The van der Waals surface area contributed by atoms with Gasteiger partial charge in [-0.3, -0.25) is 0 Å². The molecule has 88 valence electrons. The number of anilines is 1. The van der Waals surface area contributed by atoms with Crippen LogP contribution in [0.4, 0.5) is 5.69 Å². The molecule has 0 saturated heterocycles. The molecule has 2 rings (SSSR count). The molecule has 4 heteroatoms. The Morgan fingerprint density at radius 3 is 3.12 bits per heavy atom. The maximum Gasteiger partial charge on any atom is 0.240 e. The molecular weight excluding hydrogens is 202 g/mol. The van der Waals surface area contributed by atoms with Crippen molar-refractivity contribution in [3.63, 3.8) is 0 Å². The predicted molar refractivity (Wildman–Crippen MR) is 63.1 cm³/mol. The van der Waals surface area contributed by atoms with Crippen LogP contribution in [0.25, 0.3) is 0 Å². The van der Waals surface area contributed by atoms with E-state index in [4.69, 9.17) is 10.5 Å². The predicted octanol–water partition coefficient (Wildman–Crippen LogP) is 2.41. The van der Waals surface area contributed by atoms with E-state index in [1.54, 1.807) is 6.20 Å². The SMILES string of the molecule is CCC1CCCC(Oc2ncncc2N)C1. The molecule has 1 fully saturated rings. The summed E-state index contributed by atoms with van der Waals surface area (Å²) in [7, 11) is 0. The minimum absolute atomic E-state index is 0.274. The van der Waals surface area contributed by atoms with Crippen LogP contribution >= 0.6 is 0 Å². The van der Waals surface area contributed by atoms with Gasteiger partial charge in [0, 0.05) is 0 Å². The lowest BCUT2D eigenvalue weighted by atomic mass is 9.85. The van der Waals surface area contributed by atoms with Gasteiger partial charge in [-0.15, -0.1) is 0 Å². The normalized spacial score (nSPS) is 25.3. The van der Waals surface area contributed by atoms with Crippen molar-refractivity contribution >= 4 is 5.69 Å². The van der Waals surface area contributed by atoms with Crippen LogP contribution in [0, 0.1) is 5.92 Å². The molecule has 1 aliphatic rings. The first-order valence-electron chi connectivity index (χ1n) is 6.01. The Hall–Kier alpha value is -1.32. The summed E-state index contributed by atoms with van der Waals surface area (Å²) in [6, 6.07) is 0. The smallest absolute Gasteiger partial charge is 0.240 e. The Morgan fingerprint density at radius 1 is 1.50 bits per heavy atom. The van der Waals surface area contributed by atoms with Gasteiger partial charge in [0.15, 0.2) is 0 Å². The molecule has 1 aromatic rings. The third kappa shape index (κ3) is 2.62. The average Bonchev–Trinajstić information content (AvgIpc) is 2.32. The number of nitrogen functional groups attached to an aromatic ring is 1. The van der Waals surface area contributed by atoms with E-state index in [0.29, 0.717) is 11.6 Å². The zero-order valence-electron chi connectivity index (χ0n) is 9.72. The molecule has 1 saturated carbocycles. The summed E-state index contributed by atoms with van der Waals surface area (Å²) < 4.78 is 5.84. The maximum atomic E-state index is 5.84. The highest BCUT2D eigenvalue weighted by molar-refractivity contribution is 5.44. The largest absolute Gasteiger partial charge is 0.473 e. The van der Waals surface area contributed by atoms with E-state index >= 15 is 0 Å². The molecular formula is C12H19N3O. The van der Waals surface area contributed by atoms with Crippen molar-refractivity contribution in [3.05, 3.63) is 12.5 Å². The van der Waals surface area contributed by atoms with Gasteiger partial charge in [-0.1, -0.05) is 19.8 Å². The van der Waals surface area contributed by atoms with Crippen molar-refractivity contribution in [1.29, 1.82) is 0 Å². The number of nitrogens with two attached hydrogens (primary N) is 1. The highest BCUT2D eigenvalue weighted by Crippen LogP contribution is 2.30. The van der Waals surface area contributed by atoms with E-state index in [0.717, 1.165) is 18.8 Å². The monoisotopic (exact) mass is 221 g/mol. The molecule has 2 unspecified atom stereocenters. The van der Waals surface area contributed by atoms with Gasteiger partial charge >= 0.3 is 0 Å². The van der Waals surface area contributed by atoms with Gasteiger partial charge in [0.05, 0.1) is 6.20 Å². The highest BCUT2D eigenvalue weighted by atomic mass is 16.5. The fourth-order valence-corrected chi connectivity index (χ4v) is 2.31. The van der Waals surface area contributed by atoms with Crippen LogP contribution in [-0.4, -0.2) is 16.1 Å². The summed E-state index contributed by atoms with van der Waals surface area (Å²) in [6.45, 7) is 2.24. The lowest BCUT2D eigenvalue weighted by Crippen LogP contribution is -2.25. The first kappa shape index (κ1) is 11.2. The average molecular weight is 221 g/mol. The molecule has 2 N–H and O–H groups in total. The number of hydrogen-bond acceptors (Lipinski definition) is 4. The zero-order chi connectivity index (χ0) is 11.4. The molecule has 0 amide bonds. The Kier molecular flexibility index (Phi) is 3.59. The Morgan fingerprint density at radius 2 is 2.38 bits per heavy atom. The second kappa shape index (κ2) is 5.14. The van der Waals surface area contributed by atoms with Crippen molar-refractivity contribution in [2.24, 2.45) is 5.92 Å². The molecule has 0 aromatic carbocycles. The Labute approximate surface area is 96.2 Å². The number of rotatable bonds is 3. The second-order valence-corrected chi connectivity index (χ2v) is 4.46. The minimum Gasteiger partial charge on any atom is -0.473 e. The van der Waals surface area contributed by atoms with Crippen LogP contribution in [0.3, 0.4) is 0 Å². The van der Waals surface area contributed by atoms with Crippen LogP contribution in [0.5, 0.6) is 5.88 Å². The number of hydrogen-bond donors (Lipinski definition) is 1. The summed E-state index contributed by atoms with van der Waals surface area (Å²) in [5, 5.41) is 0. The first-order chi connectivity index (χ1) is 7.79. The van der Waals surface area contributed by atoms with Gasteiger partial charge in [0.1, 0.15) is 18.1 Å². The van der Waals surface area contributed by atoms with Gasteiger partial charge in [-0.2, -0.15) is 4.98 Å². The van der Waals surface area contributed by atoms with Gasteiger partial charge in [-0.25, -0.2) is 4.98 Å². The molecule has 1 aromatic heterocycles. The molecule has 0 radical (unpaired) electrons. The Balaban J connectivity index is 1.97. The second-order valence-electron chi connectivity index (χ2n) is 4.46. The van der Waals surface area contributed by atoms with Crippen LogP contribution < -0.4 is 10.5 Å². The van der Waals surface area contributed by atoms with E-state index in [-0.39, 0.29) is 6.10 Å². The third-order valence-corrected chi connectivity index (χ3v) is 3.29. The molecule has 1 heterocycles. The van der Waals surface area contributed by atoms with Gasteiger partial charge in [0.25, 0.3) is 0 Å².